The van der Waals surface area contributed by atoms with Gasteiger partial charge in [-0.3, -0.25) is 15.0 Å². The lowest BCUT2D eigenvalue weighted by Gasteiger charge is -2.31. The van der Waals surface area contributed by atoms with E-state index in [1.165, 1.54) is 6.42 Å². The Hall–Kier alpha value is -1.14. The normalized spacial score (nSPS) is 20.8. The van der Waals surface area contributed by atoms with E-state index in [9.17, 15) is 9.59 Å². The maximum absolute atomic E-state index is 11.9. The fraction of sp³-hybridized carbons (Fsp3) is 0.846. The fourth-order valence-corrected chi connectivity index (χ4v) is 2.45. The zero-order valence-corrected chi connectivity index (χ0v) is 12.1. The number of hydrogen-bond acceptors (Lipinski definition) is 4. The van der Waals surface area contributed by atoms with Gasteiger partial charge in [0.15, 0.2) is 0 Å². The summed E-state index contributed by atoms with van der Waals surface area (Å²) in [7, 11) is 0. The topological polar surface area (TPSA) is 87.5 Å². The van der Waals surface area contributed by atoms with E-state index < -0.39 is 6.03 Å². The lowest BCUT2D eigenvalue weighted by Crippen LogP contribution is -2.52. The van der Waals surface area contributed by atoms with E-state index in [4.69, 9.17) is 5.73 Å². The smallest absolute Gasteiger partial charge is 0.318 e. The van der Waals surface area contributed by atoms with Crippen molar-refractivity contribution in [3.63, 3.8) is 0 Å². The molecule has 2 atom stereocenters. The zero-order chi connectivity index (χ0) is 14.4. The van der Waals surface area contributed by atoms with Crippen molar-refractivity contribution in [3.05, 3.63) is 0 Å². The third kappa shape index (κ3) is 5.57. The lowest BCUT2D eigenvalue weighted by molar-refractivity contribution is -0.125. The number of nitrogens with one attached hydrogen (secondary N) is 2. The van der Waals surface area contributed by atoms with Gasteiger partial charge in [-0.2, -0.15) is 0 Å². The molecule has 4 N–H and O–H groups in total. The second kappa shape index (κ2) is 7.45. The van der Waals surface area contributed by atoms with E-state index >= 15 is 0 Å². The van der Waals surface area contributed by atoms with Gasteiger partial charge in [-0.25, -0.2) is 4.79 Å². The SMILES string of the molecule is CC(C)CN(CC1CCCN1)C(C)C(=O)NC(N)=O. The van der Waals surface area contributed by atoms with Crippen molar-refractivity contribution in [1.29, 1.82) is 0 Å². The average Bonchev–Trinajstić information content (AvgIpc) is 2.78. The maximum atomic E-state index is 11.9. The average molecular weight is 270 g/mol. The van der Waals surface area contributed by atoms with Gasteiger partial charge in [-0.15, -0.1) is 0 Å². The number of rotatable bonds is 6. The van der Waals surface area contributed by atoms with Crippen LogP contribution in [0.25, 0.3) is 0 Å². The van der Waals surface area contributed by atoms with Crippen LogP contribution in [0.3, 0.4) is 0 Å². The highest BCUT2D eigenvalue weighted by atomic mass is 16.2. The molecular formula is C13H26N4O2. The molecule has 0 radical (unpaired) electrons. The summed E-state index contributed by atoms with van der Waals surface area (Å²) in [5, 5.41) is 5.59. The van der Waals surface area contributed by atoms with Crippen LogP contribution in [0.4, 0.5) is 4.79 Å². The highest BCUT2D eigenvalue weighted by molar-refractivity contribution is 5.96. The van der Waals surface area contributed by atoms with Crippen LogP contribution in [0.1, 0.15) is 33.6 Å². The third-order valence-corrected chi connectivity index (χ3v) is 3.39. The Morgan fingerprint density at radius 1 is 1.42 bits per heavy atom. The van der Waals surface area contributed by atoms with E-state index in [-0.39, 0.29) is 11.9 Å². The van der Waals surface area contributed by atoms with Crippen molar-refractivity contribution in [2.24, 2.45) is 11.7 Å². The number of nitrogens with zero attached hydrogens (tertiary/aromatic N) is 1. The van der Waals surface area contributed by atoms with Crippen molar-refractivity contribution in [2.75, 3.05) is 19.6 Å². The summed E-state index contributed by atoms with van der Waals surface area (Å²) in [6.45, 7) is 8.75. The van der Waals surface area contributed by atoms with Gasteiger partial charge in [0.25, 0.3) is 0 Å². The highest BCUT2D eigenvalue weighted by Gasteiger charge is 2.26. The van der Waals surface area contributed by atoms with Crippen molar-refractivity contribution in [2.45, 2.75) is 45.7 Å². The third-order valence-electron chi connectivity index (χ3n) is 3.39. The maximum Gasteiger partial charge on any atom is 0.318 e. The van der Waals surface area contributed by atoms with E-state index in [0.29, 0.717) is 12.0 Å². The summed E-state index contributed by atoms with van der Waals surface area (Å²) in [6.07, 6.45) is 2.32. The van der Waals surface area contributed by atoms with Gasteiger partial charge in [0, 0.05) is 19.1 Å². The predicted molar refractivity (Wildman–Crippen MR) is 74.6 cm³/mol. The number of carbonyl (C=O) groups excluding carboxylic acids is 2. The molecule has 0 aromatic heterocycles. The first kappa shape index (κ1) is 15.9. The molecule has 0 aromatic carbocycles. The van der Waals surface area contributed by atoms with Crippen LogP contribution in [-0.2, 0) is 4.79 Å². The van der Waals surface area contributed by atoms with Crippen LogP contribution in [0.15, 0.2) is 0 Å². The molecule has 1 saturated heterocycles. The predicted octanol–water partition coefficient (Wildman–Crippen LogP) is 0.280. The molecule has 1 heterocycles. The first-order valence-corrected chi connectivity index (χ1v) is 6.98. The molecule has 0 spiro atoms. The number of primary amides is 1. The van der Waals surface area contributed by atoms with Gasteiger partial charge in [-0.1, -0.05) is 13.8 Å². The number of urea groups is 1. The molecule has 110 valence electrons. The molecule has 0 saturated carbocycles. The van der Waals surface area contributed by atoms with Crippen LogP contribution in [0.2, 0.25) is 0 Å². The second-order valence-electron chi connectivity index (χ2n) is 5.67. The molecule has 3 amide bonds. The zero-order valence-electron chi connectivity index (χ0n) is 12.1. The summed E-state index contributed by atoms with van der Waals surface area (Å²) in [6, 6.07) is -0.708. The van der Waals surface area contributed by atoms with Gasteiger partial charge in [0.2, 0.25) is 5.91 Å². The Morgan fingerprint density at radius 3 is 2.58 bits per heavy atom. The number of amides is 3. The number of carbonyl (C=O) groups is 2. The summed E-state index contributed by atoms with van der Waals surface area (Å²) in [5.74, 6) is 0.136. The summed E-state index contributed by atoms with van der Waals surface area (Å²) in [4.78, 5) is 24.8. The molecule has 1 fully saturated rings. The second-order valence-corrected chi connectivity index (χ2v) is 5.67. The summed E-state index contributed by atoms with van der Waals surface area (Å²) in [5.41, 5.74) is 4.99. The molecule has 19 heavy (non-hydrogen) atoms. The molecule has 6 heteroatoms. The van der Waals surface area contributed by atoms with Gasteiger partial charge in [-0.05, 0) is 32.2 Å². The first-order chi connectivity index (χ1) is 8.90. The van der Waals surface area contributed by atoms with E-state index in [1.807, 2.05) is 6.92 Å². The molecular weight excluding hydrogens is 244 g/mol. The summed E-state index contributed by atoms with van der Waals surface area (Å²) < 4.78 is 0. The standard InChI is InChI=1S/C13H26N4O2/c1-9(2)7-17(8-11-5-4-6-15-11)10(3)12(18)16-13(14)19/h9-11,15H,4-8H2,1-3H3,(H3,14,16,18,19). The Kier molecular flexibility index (Phi) is 6.24. The fourth-order valence-electron chi connectivity index (χ4n) is 2.45. The van der Waals surface area contributed by atoms with E-state index in [0.717, 1.165) is 26.1 Å². The van der Waals surface area contributed by atoms with E-state index in [1.54, 1.807) is 0 Å². The molecule has 0 bridgehead atoms. The quantitative estimate of drug-likeness (QED) is 0.647. The first-order valence-electron chi connectivity index (χ1n) is 6.98. The van der Waals surface area contributed by atoms with Crippen molar-refractivity contribution < 1.29 is 9.59 Å². The van der Waals surface area contributed by atoms with Crippen molar-refractivity contribution >= 4 is 11.9 Å². The molecule has 6 nitrogen and oxygen atoms in total. The van der Waals surface area contributed by atoms with Gasteiger partial charge < -0.3 is 11.1 Å². The molecule has 2 unspecified atom stereocenters. The Bertz CT molecular complexity index is 314. The van der Waals surface area contributed by atoms with Gasteiger partial charge >= 0.3 is 6.03 Å². The van der Waals surface area contributed by atoms with Crippen LogP contribution in [-0.4, -0.2) is 48.6 Å². The molecule has 1 aliphatic rings. The number of nitrogens with two attached hydrogens (primary N) is 1. The van der Waals surface area contributed by atoms with Crippen molar-refractivity contribution in [3.8, 4) is 0 Å². The Balaban J connectivity index is 2.60. The Morgan fingerprint density at radius 2 is 2.11 bits per heavy atom. The minimum atomic E-state index is -0.791. The monoisotopic (exact) mass is 270 g/mol. The highest BCUT2D eigenvalue weighted by Crippen LogP contribution is 2.11. The largest absolute Gasteiger partial charge is 0.351 e. The van der Waals surface area contributed by atoms with Crippen LogP contribution >= 0.6 is 0 Å². The lowest BCUT2D eigenvalue weighted by atomic mass is 10.1. The molecule has 0 aromatic rings. The number of imide groups is 1. The van der Waals surface area contributed by atoms with Crippen LogP contribution in [0.5, 0.6) is 0 Å². The number of hydrogen-bond donors (Lipinski definition) is 3. The van der Waals surface area contributed by atoms with Crippen LogP contribution < -0.4 is 16.4 Å². The molecule has 1 aliphatic heterocycles. The Labute approximate surface area is 115 Å². The van der Waals surface area contributed by atoms with Gasteiger partial charge in [0.1, 0.15) is 0 Å². The van der Waals surface area contributed by atoms with Gasteiger partial charge in [0.05, 0.1) is 6.04 Å². The molecule has 0 aliphatic carbocycles. The van der Waals surface area contributed by atoms with E-state index in [2.05, 4.69) is 29.4 Å². The minimum Gasteiger partial charge on any atom is -0.351 e. The van der Waals surface area contributed by atoms with Crippen LogP contribution in [0, 0.1) is 5.92 Å². The molecule has 1 rings (SSSR count). The summed E-state index contributed by atoms with van der Waals surface area (Å²) >= 11 is 0. The minimum absolute atomic E-state index is 0.328. The van der Waals surface area contributed by atoms with Crippen molar-refractivity contribution in [1.82, 2.24) is 15.5 Å².